The van der Waals surface area contributed by atoms with Gasteiger partial charge in [-0.2, -0.15) is 4.31 Å². The molecule has 0 unspecified atom stereocenters. The van der Waals surface area contributed by atoms with Gasteiger partial charge in [0.15, 0.2) is 0 Å². The number of halogens is 3. The molecule has 0 spiro atoms. The Morgan fingerprint density at radius 1 is 1.08 bits per heavy atom. The van der Waals surface area contributed by atoms with Crippen molar-refractivity contribution in [3.05, 3.63) is 55.6 Å². The Kier molecular flexibility index (Phi) is 6.13. The zero-order valence-corrected chi connectivity index (χ0v) is 18.0. The van der Waals surface area contributed by atoms with Crippen molar-refractivity contribution >= 4 is 67.4 Å². The Labute approximate surface area is 175 Å². The molecule has 1 aliphatic rings. The van der Waals surface area contributed by atoms with E-state index in [0.29, 0.717) is 18.8 Å². The molecule has 1 aliphatic heterocycles. The van der Waals surface area contributed by atoms with Crippen molar-refractivity contribution in [1.29, 1.82) is 0 Å². The predicted molar refractivity (Wildman–Crippen MR) is 112 cm³/mol. The maximum absolute atomic E-state index is 12.8. The average Bonchev–Trinajstić information content (AvgIpc) is 3.09. The highest BCUT2D eigenvalue weighted by atomic mass is 127. The molecule has 2 aromatic rings. The molecule has 0 aromatic heterocycles. The molecule has 9 heteroatoms. The van der Waals surface area contributed by atoms with Crippen LogP contribution >= 0.6 is 45.8 Å². The third kappa shape index (κ3) is 4.17. The van der Waals surface area contributed by atoms with Gasteiger partial charge in [0.05, 0.1) is 15.6 Å². The molecule has 138 valence electrons. The van der Waals surface area contributed by atoms with E-state index in [0.717, 1.165) is 16.4 Å². The number of carbonyl (C=O) groups excluding carboxylic acids is 1. The second-order valence-corrected chi connectivity index (χ2v) is 9.80. The van der Waals surface area contributed by atoms with E-state index in [-0.39, 0.29) is 20.5 Å². The normalized spacial score (nSPS) is 15.2. The molecule has 5 nitrogen and oxygen atoms in total. The van der Waals surface area contributed by atoms with E-state index in [2.05, 4.69) is 27.9 Å². The molecule has 1 N–H and O–H groups in total. The fourth-order valence-electron chi connectivity index (χ4n) is 2.73. The number of rotatable bonds is 4. The summed E-state index contributed by atoms with van der Waals surface area (Å²) >= 11 is 14.4. The molecule has 26 heavy (non-hydrogen) atoms. The zero-order valence-electron chi connectivity index (χ0n) is 13.5. The molecular weight excluding hydrogens is 510 g/mol. The highest BCUT2D eigenvalue weighted by Gasteiger charge is 2.30. The number of anilines is 1. The van der Waals surface area contributed by atoms with Gasteiger partial charge in [-0.15, -0.1) is 0 Å². The summed E-state index contributed by atoms with van der Waals surface area (Å²) in [6.07, 6.45) is 1.62. The van der Waals surface area contributed by atoms with Crippen LogP contribution < -0.4 is 5.32 Å². The van der Waals surface area contributed by atoms with Crippen molar-refractivity contribution in [3.8, 4) is 0 Å². The van der Waals surface area contributed by atoms with Crippen molar-refractivity contribution in [2.24, 2.45) is 0 Å². The van der Waals surface area contributed by atoms with Crippen LogP contribution in [0.5, 0.6) is 0 Å². The van der Waals surface area contributed by atoms with Crippen molar-refractivity contribution in [1.82, 2.24) is 4.31 Å². The summed E-state index contributed by atoms with van der Waals surface area (Å²) < 4.78 is 28.0. The van der Waals surface area contributed by atoms with Gasteiger partial charge in [-0.25, -0.2) is 8.42 Å². The number of hydrogen-bond donors (Lipinski definition) is 1. The molecule has 1 fully saturated rings. The molecule has 1 heterocycles. The van der Waals surface area contributed by atoms with Crippen LogP contribution in [0.3, 0.4) is 0 Å². The fourth-order valence-corrected chi connectivity index (χ4v) is 5.63. The first-order valence-corrected chi connectivity index (χ1v) is 11.1. The van der Waals surface area contributed by atoms with Crippen molar-refractivity contribution in [3.63, 3.8) is 0 Å². The van der Waals surface area contributed by atoms with Crippen molar-refractivity contribution in [2.75, 3.05) is 18.4 Å². The SMILES string of the molecule is O=C(Nc1cccc(I)c1)c1cc(S(=O)(=O)N2CCCC2)c(Cl)cc1Cl. The number of benzene rings is 2. The van der Waals surface area contributed by atoms with Crippen LogP contribution in [0, 0.1) is 3.57 Å². The van der Waals surface area contributed by atoms with Crippen LogP contribution in [0.4, 0.5) is 5.69 Å². The van der Waals surface area contributed by atoms with E-state index < -0.39 is 15.9 Å². The number of nitrogens with zero attached hydrogens (tertiary/aromatic N) is 1. The lowest BCUT2D eigenvalue weighted by Crippen LogP contribution is -2.28. The Morgan fingerprint density at radius 3 is 2.42 bits per heavy atom. The third-order valence-corrected chi connectivity index (χ3v) is 7.38. The summed E-state index contributed by atoms with van der Waals surface area (Å²) in [7, 11) is -3.76. The average molecular weight is 525 g/mol. The maximum atomic E-state index is 12.8. The van der Waals surface area contributed by atoms with Crippen LogP contribution in [-0.4, -0.2) is 31.7 Å². The Bertz CT molecular complexity index is 960. The van der Waals surface area contributed by atoms with Crippen molar-refractivity contribution in [2.45, 2.75) is 17.7 Å². The lowest BCUT2D eigenvalue weighted by molar-refractivity contribution is 0.102. The molecule has 0 aliphatic carbocycles. The van der Waals surface area contributed by atoms with E-state index in [9.17, 15) is 13.2 Å². The Morgan fingerprint density at radius 2 is 1.77 bits per heavy atom. The van der Waals surface area contributed by atoms with E-state index in [1.54, 1.807) is 12.1 Å². The molecule has 0 radical (unpaired) electrons. The maximum Gasteiger partial charge on any atom is 0.257 e. The molecule has 2 aromatic carbocycles. The van der Waals surface area contributed by atoms with Gasteiger partial charge in [0.1, 0.15) is 4.90 Å². The van der Waals surface area contributed by atoms with Gasteiger partial charge in [0, 0.05) is 22.3 Å². The number of carbonyl (C=O) groups is 1. The van der Waals surface area contributed by atoms with E-state index in [4.69, 9.17) is 23.2 Å². The molecule has 1 amide bonds. The standard InChI is InChI=1S/C17H15Cl2IN2O3S/c18-14-10-15(19)16(26(24,25)22-6-1-2-7-22)9-13(14)17(23)21-12-5-3-4-11(20)8-12/h3-5,8-10H,1-2,6-7H2,(H,21,23). The van der Waals surface area contributed by atoms with Crippen LogP contribution in [0.2, 0.25) is 10.0 Å². The van der Waals surface area contributed by atoms with E-state index >= 15 is 0 Å². The number of hydrogen-bond acceptors (Lipinski definition) is 3. The smallest absolute Gasteiger partial charge is 0.257 e. The second kappa shape index (κ2) is 8.02. The molecule has 0 atom stereocenters. The van der Waals surface area contributed by atoms with Gasteiger partial charge in [-0.05, 0) is 65.8 Å². The molecule has 0 bridgehead atoms. The van der Waals surface area contributed by atoms with Gasteiger partial charge >= 0.3 is 0 Å². The summed E-state index contributed by atoms with van der Waals surface area (Å²) in [5.74, 6) is -0.494. The van der Waals surface area contributed by atoms with Crippen LogP contribution in [-0.2, 0) is 10.0 Å². The summed E-state index contributed by atoms with van der Waals surface area (Å²) in [5.41, 5.74) is 0.657. The van der Waals surface area contributed by atoms with E-state index in [1.807, 2.05) is 12.1 Å². The Hall–Kier alpha value is -0.870. The van der Waals surface area contributed by atoms with Crippen LogP contribution in [0.25, 0.3) is 0 Å². The van der Waals surface area contributed by atoms with Gasteiger partial charge in [-0.3, -0.25) is 4.79 Å². The van der Waals surface area contributed by atoms with Crippen LogP contribution in [0.15, 0.2) is 41.3 Å². The number of sulfonamides is 1. The highest BCUT2D eigenvalue weighted by Crippen LogP contribution is 2.32. The fraction of sp³-hybridized carbons (Fsp3) is 0.235. The molecule has 1 saturated heterocycles. The lowest BCUT2D eigenvalue weighted by Gasteiger charge is -2.17. The van der Waals surface area contributed by atoms with Gasteiger partial charge in [0.2, 0.25) is 10.0 Å². The van der Waals surface area contributed by atoms with Gasteiger partial charge < -0.3 is 5.32 Å². The summed E-state index contributed by atoms with van der Waals surface area (Å²) in [6, 6.07) is 9.80. The first kappa shape index (κ1) is 19.9. The monoisotopic (exact) mass is 524 g/mol. The lowest BCUT2D eigenvalue weighted by atomic mass is 10.2. The largest absolute Gasteiger partial charge is 0.322 e. The van der Waals surface area contributed by atoms with E-state index in [1.165, 1.54) is 16.4 Å². The van der Waals surface area contributed by atoms with Crippen LogP contribution in [0.1, 0.15) is 23.2 Å². The second-order valence-electron chi connectivity index (χ2n) is 5.84. The topological polar surface area (TPSA) is 66.5 Å². The minimum absolute atomic E-state index is 0.00714. The molecule has 3 rings (SSSR count). The molecule has 0 saturated carbocycles. The first-order valence-electron chi connectivity index (χ1n) is 7.85. The number of amides is 1. The van der Waals surface area contributed by atoms with Gasteiger partial charge in [0.25, 0.3) is 5.91 Å². The predicted octanol–water partition coefficient (Wildman–Crippen LogP) is 4.63. The minimum Gasteiger partial charge on any atom is -0.322 e. The summed E-state index contributed by atoms with van der Waals surface area (Å²) in [5, 5.41) is 2.83. The number of nitrogens with one attached hydrogen (secondary N) is 1. The minimum atomic E-state index is -3.76. The summed E-state index contributed by atoms with van der Waals surface area (Å²) in [4.78, 5) is 12.5. The Balaban J connectivity index is 1.96. The molecular formula is C17H15Cl2IN2O3S. The van der Waals surface area contributed by atoms with Gasteiger partial charge in [-0.1, -0.05) is 29.3 Å². The van der Waals surface area contributed by atoms with Crippen molar-refractivity contribution < 1.29 is 13.2 Å². The summed E-state index contributed by atoms with van der Waals surface area (Å²) in [6.45, 7) is 0.899. The highest BCUT2D eigenvalue weighted by molar-refractivity contribution is 14.1. The zero-order chi connectivity index (χ0) is 18.9. The third-order valence-electron chi connectivity index (χ3n) is 4.03. The first-order chi connectivity index (χ1) is 12.3. The quantitative estimate of drug-likeness (QED) is 0.593.